The van der Waals surface area contributed by atoms with Gasteiger partial charge in [-0.2, -0.15) is 0 Å². The molecule has 2 heteroatoms. The second-order valence-electron chi connectivity index (χ2n) is 5.20. The summed E-state index contributed by atoms with van der Waals surface area (Å²) in [5.74, 6) is 0.924. The number of fused-ring (bicyclic) bond motifs is 1. The number of hydrogen-bond acceptors (Lipinski definition) is 2. The third kappa shape index (κ3) is 1.99. The van der Waals surface area contributed by atoms with E-state index in [2.05, 4.69) is 22.4 Å². The van der Waals surface area contributed by atoms with Crippen LogP contribution in [0.1, 0.15) is 49.4 Å². The molecule has 0 aromatic carbocycles. The molecule has 1 saturated carbocycles. The molecule has 0 amide bonds. The van der Waals surface area contributed by atoms with Crippen molar-refractivity contribution in [1.29, 1.82) is 0 Å². The Morgan fingerprint density at radius 3 is 3.00 bits per heavy atom. The van der Waals surface area contributed by atoms with Crippen molar-refractivity contribution in [2.75, 3.05) is 6.54 Å². The lowest BCUT2D eigenvalue weighted by Crippen LogP contribution is -2.25. The second-order valence-corrected chi connectivity index (χ2v) is 5.20. The van der Waals surface area contributed by atoms with Gasteiger partial charge < -0.3 is 5.32 Å². The van der Waals surface area contributed by atoms with E-state index < -0.39 is 0 Å². The molecule has 1 unspecified atom stereocenters. The fourth-order valence-corrected chi connectivity index (χ4v) is 3.13. The van der Waals surface area contributed by atoms with Crippen LogP contribution in [0.15, 0.2) is 18.3 Å². The lowest BCUT2D eigenvalue weighted by atomic mass is 10.1. The normalized spacial score (nSPS) is 24.9. The quantitative estimate of drug-likeness (QED) is 0.840. The largest absolute Gasteiger partial charge is 0.308 e. The van der Waals surface area contributed by atoms with Gasteiger partial charge in [-0.1, -0.05) is 18.9 Å². The Kier molecular flexibility index (Phi) is 2.92. The number of pyridine rings is 1. The lowest BCUT2D eigenvalue weighted by molar-refractivity contribution is 0.432. The molecular formula is C14H20N2. The van der Waals surface area contributed by atoms with Gasteiger partial charge >= 0.3 is 0 Å². The van der Waals surface area contributed by atoms with Gasteiger partial charge in [0.15, 0.2) is 0 Å². The van der Waals surface area contributed by atoms with Gasteiger partial charge in [0.1, 0.15) is 0 Å². The molecule has 2 aliphatic rings. The summed E-state index contributed by atoms with van der Waals surface area (Å²) in [5, 5.41) is 3.72. The summed E-state index contributed by atoms with van der Waals surface area (Å²) in [4.78, 5) is 4.52. The SMILES string of the molecule is c1cnc2c(c1)CCC2NCC1CCCC1. The first-order valence-electron chi connectivity index (χ1n) is 6.60. The van der Waals surface area contributed by atoms with Crippen molar-refractivity contribution in [2.24, 2.45) is 5.92 Å². The van der Waals surface area contributed by atoms with Crippen molar-refractivity contribution in [1.82, 2.24) is 10.3 Å². The maximum absolute atomic E-state index is 4.52. The highest BCUT2D eigenvalue weighted by Gasteiger charge is 2.24. The highest BCUT2D eigenvalue weighted by atomic mass is 15.0. The topological polar surface area (TPSA) is 24.9 Å². The molecule has 0 radical (unpaired) electrons. The number of aromatic nitrogens is 1. The Balaban J connectivity index is 1.60. The maximum Gasteiger partial charge on any atom is 0.0605 e. The van der Waals surface area contributed by atoms with Gasteiger partial charge in [-0.25, -0.2) is 0 Å². The van der Waals surface area contributed by atoms with E-state index in [9.17, 15) is 0 Å². The summed E-state index contributed by atoms with van der Waals surface area (Å²) in [6.07, 6.45) is 10.1. The molecule has 1 atom stereocenters. The average Bonchev–Trinajstić information content (AvgIpc) is 2.96. The molecule has 1 N–H and O–H groups in total. The smallest absolute Gasteiger partial charge is 0.0605 e. The molecule has 1 fully saturated rings. The number of nitrogens with zero attached hydrogens (tertiary/aromatic N) is 1. The molecule has 1 heterocycles. The van der Waals surface area contributed by atoms with Gasteiger partial charge in [0.2, 0.25) is 0 Å². The summed E-state index contributed by atoms with van der Waals surface area (Å²) >= 11 is 0. The summed E-state index contributed by atoms with van der Waals surface area (Å²) in [5.41, 5.74) is 2.76. The first-order valence-corrected chi connectivity index (χ1v) is 6.60. The average molecular weight is 216 g/mol. The molecule has 1 aromatic rings. The fraction of sp³-hybridized carbons (Fsp3) is 0.643. The third-order valence-corrected chi connectivity index (χ3v) is 4.09. The zero-order chi connectivity index (χ0) is 10.8. The number of aryl methyl sites for hydroxylation is 1. The Labute approximate surface area is 97.5 Å². The summed E-state index contributed by atoms with van der Waals surface area (Å²) in [7, 11) is 0. The van der Waals surface area contributed by atoms with Gasteiger partial charge in [0, 0.05) is 6.20 Å². The van der Waals surface area contributed by atoms with E-state index in [4.69, 9.17) is 0 Å². The minimum absolute atomic E-state index is 0.525. The van der Waals surface area contributed by atoms with Crippen molar-refractivity contribution in [3.63, 3.8) is 0 Å². The van der Waals surface area contributed by atoms with E-state index in [1.807, 2.05) is 6.20 Å². The van der Waals surface area contributed by atoms with Gasteiger partial charge in [-0.05, 0) is 49.8 Å². The van der Waals surface area contributed by atoms with Crippen LogP contribution < -0.4 is 5.32 Å². The van der Waals surface area contributed by atoms with Gasteiger partial charge in [0.25, 0.3) is 0 Å². The van der Waals surface area contributed by atoms with Crippen LogP contribution in [0.2, 0.25) is 0 Å². The van der Waals surface area contributed by atoms with Crippen molar-refractivity contribution >= 4 is 0 Å². The Bertz CT molecular complexity index is 356. The first kappa shape index (κ1) is 10.3. The molecule has 0 saturated heterocycles. The molecule has 0 bridgehead atoms. The zero-order valence-corrected chi connectivity index (χ0v) is 9.78. The van der Waals surface area contributed by atoms with Crippen LogP contribution in [0, 0.1) is 5.92 Å². The fourth-order valence-electron chi connectivity index (χ4n) is 3.13. The van der Waals surface area contributed by atoms with Crippen LogP contribution in [-0.2, 0) is 6.42 Å². The maximum atomic E-state index is 4.52. The van der Waals surface area contributed by atoms with Crippen LogP contribution in [-0.4, -0.2) is 11.5 Å². The summed E-state index contributed by atoms with van der Waals surface area (Å²) in [6.45, 7) is 1.20. The molecule has 16 heavy (non-hydrogen) atoms. The highest BCUT2D eigenvalue weighted by Crippen LogP contribution is 2.30. The molecule has 1 aromatic heterocycles. The molecule has 2 aliphatic carbocycles. The second kappa shape index (κ2) is 4.54. The van der Waals surface area contributed by atoms with Gasteiger partial charge in [-0.15, -0.1) is 0 Å². The molecule has 3 rings (SSSR count). The van der Waals surface area contributed by atoms with E-state index in [1.54, 1.807) is 0 Å². The van der Waals surface area contributed by atoms with Gasteiger partial charge in [0.05, 0.1) is 11.7 Å². The lowest BCUT2D eigenvalue weighted by Gasteiger charge is -2.16. The minimum atomic E-state index is 0.525. The number of hydrogen-bond donors (Lipinski definition) is 1. The Morgan fingerprint density at radius 1 is 1.25 bits per heavy atom. The zero-order valence-electron chi connectivity index (χ0n) is 9.78. The van der Waals surface area contributed by atoms with Crippen LogP contribution >= 0.6 is 0 Å². The number of rotatable bonds is 3. The number of nitrogens with one attached hydrogen (secondary N) is 1. The van der Waals surface area contributed by atoms with Crippen LogP contribution in [0.3, 0.4) is 0 Å². The van der Waals surface area contributed by atoms with E-state index in [1.165, 1.54) is 56.3 Å². The standard InChI is InChI=1S/C14H20N2/c1-2-5-11(4-1)10-16-13-8-7-12-6-3-9-15-14(12)13/h3,6,9,11,13,16H,1-2,4-5,7-8,10H2. The van der Waals surface area contributed by atoms with Crippen molar-refractivity contribution in [3.05, 3.63) is 29.6 Å². The molecular weight excluding hydrogens is 196 g/mol. The summed E-state index contributed by atoms with van der Waals surface area (Å²) in [6, 6.07) is 4.80. The molecule has 0 spiro atoms. The van der Waals surface area contributed by atoms with E-state index >= 15 is 0 Å². The van der Waals surface area contributed by atoms with Crippen LogP contribution in [0.4, 0.5) is 0 Å². The predicted octanol–water partition coefficient (Wildman–Crippen LogP) is 2.85. The third-order valence-electron chi connectivity index (χ3n) is 4.09. The van der Waals surface area contributed by atoms with E-state index in [-0.39, 0.29) is 0 Å². The Hall–Kier alpha value is -0.890. The van der Waals surface area contributed by atoms with E-state index in [0.29, 0.717) is 6.04 Å². The highest BCUT2D eigenvalue weighted by molar-refractivity contribution is 5.27. The summed E-state index contributed by atoms with van der Waals surface area (Å²) < 4.78 is 0. The molecule has 86 valence electrons. The van der Waals surface area contributed by atoms with Crippen molar-refractivity contribution in [3.8, 4) is 0 Å². The molecule has 0 aliphatic heterocycles. The van der Waals surface area contributed by atoms with E-state index in [0.717, 1.165) is 5.92 Å². The Morgan fingerprint density at radius 2 is 2.12 bits per heavy atom. The van der Waals surface area contributed by atoms with Crippen molar-refractivity contribution in [2.45, 2.75) is 44.6 Å². The molecule has 2 nitrogen and oxygen atoms in total. The van der Waals surface area contributed by atoms with Crippen molar-refractivity contribution < 1.29 is 0 Å². The predicted molar refractivity (Wildman–Crippen MR) is 65.3 cm³/mol. The van der Waals surface area contributed by atoms with Crippen LogP contribution in [0.5, 0.6) is 0 Å². The monoisotopic (exact) mass is 216 g/mol. The van der Waals surface area contributed by atoms with Crippen LogP contribution in [0.25, 0.3) is 0 Å². The van der Waals surface area contributed by atoms with Gasteiger partial charge in [-0.3, -0.25) is 4.98 Å². The minimum Gasteiger partial charge on any atom is -0.308 e. The first-order chi connectivity index (χ1) is 7.93.